The molecule has 0 aromatic rings. The van der Waals surface area contributed by atoms with Gasteiger partial charge in [0.15, 0.2) is 0 Å². The van der Waals surface area contributed by atoms with Gasteiger partial charge >= 0.3 is 19.8 Å². The van der Waals surface area contributed by atoms with Gasteiger partial charge in [0.05, 0.1) is 19.8 Å². The summed E-state index contributed by atoms with van der Waals surface area (Å²) in [6, 6.07) is -1.48. The maximum absolute atomic E-state index is 12.6. The summed E-state index contributed by atoms with van der Waals surface area (Å²) in [4.78, 5) is 33.5. The summed E-state index contributed by atoms with van der Waals surface area (Å²) in [6.07, 6.45) is 44.1. The Kier molecular flexibility index (Phi) is 36.3. The number of hydrogen-bond donors (Lipinski definition) is 3. The fourth-order valence-corrected chi connectivity index (χ4v) is 5.90. The lowest BCUT2D eigenvalue weighted by Gasteiger charge is -2.20. The summed E-state index contributed by atoms with van der Waals surface area (Å²) in [5, 5.41) is 8.88. The minimum Gasteiger partial charge on any atom is -0.480 e. The van der Waals surface area contributed by atoms with Crippen molar-refractivity contribution >= 4 is 19.8 Å². The van der Waals surface area contributed by atoms with Crippen LogP contribution in [0.2, 0.25) is 0 Å². The lowest BCUT2D eigenvalue weighted by molar-refractivity contribution is -0.154. The number of rotatable bonds is 38. The van der Waals surface area contributed by atoms with Crippen LogP contribution in [-0.4, -0.2) is 60.5 Å². The molecule has 0 rings (SSSR count). The third-order valence-electron chi connectivity index (χ3n) is 8.28. The minimum atomic E-state index is -4.62. The Morgan fingerprint density at radius 2 is 1.09 bits per heavy atom. The van der Waals surface area contributed by atoms with E-state index in [-0.39, 0.29) is 13.0 Å². The number of allylic oxidation sites excluding steroid dienone is 10. The molecular weight excluding hydrogens is 693 g/mol. The number of ether oxygens (including phenoxy) is 2. The van der Waals surface area contributed by atoms with Crippen LogP contribution in [0.3, 0.4) is 0 Å². The van der Waals surface area contributed by atoms with Crippen LogP contribution < -0.4 is 5.73 Å². The second-order valence-corrected chi connectivity index (χ2v) is 14.8. The van der Waals surface area contributed by atoms with E-state index in [1.54, 1.807) is 0 Å². The Morgan fingerprint density at radius 3 is 1.64 bits per heavy atom. The molecule has 0 aliphatic heterocycles. The highest BCUT2D eigenvalue weighted by Gasteiger charge is 2.27. The Bertz CT molecular complexity index is 1070. The van der Waals surface area contributed by atoms with Crippen LogP contribution in [0.4, 0.5) is 0 Å². The molecule has 0 amide bonds. The smallest absolute Gasteiger partial charge is 0.472 e. The van der Waals surface area contributed by atoms with Crippen molar-refractivity contribution in [3.63, 3.8) is 0 Å². The predicted octanol–water partition coefficient (Wildman–Crippen LogP) is 10.9. The number of unbranched alkanes of at least 4 members (excludes halogenated alkanes) is 14. The van der Waals surface area contributed by atoms with E-state index in [1.165, 1.54) is 44.9 Å². The number of phosphoric ester groups is 1. The van der Waals surface area contributed by atoms with Gasteiger partial charge in [0, 0.05) is 13.0 Å². The van der Waals surface area contributed by atoms with Crippen LogP contribution in [0.25, 0.3) is 0 Å². The van der Waals surface area contributed by atoms with Crippen molar-refractivity contribution in [1.29, 1.82) is 0 Å². The molecule has 3 atom stereocenters. The average Bonchev–Trinajstić information content (AvgIpc) is 3.13. The summed E-state index contributed by atoms with van der Waals surface area (Å²) in [7, 11) is -4.62. The Morgan fingerprint density at radius 1 is 0.623 bits per heavy atom. The third-order valence-corrected chi connectivity index (χ3v) is 9.23. The van der Waals surface area contributed by atoms with Gasteiger partial charge < -0.3 is 25.2 Å². The van der Waals surface area contributed by atoms with E-state index < -0.39 is 45.1 Å². The van der Waals surface area contributed by atoms with Crippen molar-refractivity contribution in [2.24, 2.45) is 5.73 Å². The summed E-state index contributed by atoms with van der Waals surface area (Å²) in [5.41, 5.74) is 5.34. The SMILES string of the molecule is CC/C=C\C/C=C\C/C=C\CCCCCCCC(=O)OC(COCCCCCCCC/C=C\C/C=C\CCCCC)COP(=O)(O)OCC(N)C(=O)O. The molecule has 0 aliphatic carbocycles. The molecule has 306 valence electrons. The first-order chi connectivity index (χ1) is 25.7. The number of carboxylic acids is 1. The molecule has 0 saturated carbocycles. The standard InChI is InChI=1S/C42H74NO9P/c1-3-5-7-9-11-13-15-17-19-21-23-25-27-29-31-33-35-49-36-39(37-50-53(47,48)51-38-40(43)42(45)46)52-41(44)34-32-30-28-26-24-22-20-18-16-14-12-10-8-6-4-2/h6,8,11-14,17-20,39-40H,3-5,7,9-10,15-16,21-38,43H2,1-2H3,(H,45,46)(H,47,48)/b8-6-,13-11-,14-12-,19-17-,20-18-. The molecule has 0 aliphatic rings. The molecule has 0 fully saturated rings. The summed E-state index contributed by atoms with van der Waals surface area (Å²) < 4.78 is 33.3. The van der Waals surface area contributed by atoms with E-state index in [9.17, 15) is 19.0 Å². The normalized spacial score (nSPS) is 14.6. The zero-order chi connectivity index (χ0) is 39.1. The molecule has 0 bridgehead atoms. The fraction of sp³-hybridized carbons (Fsp3) is 0.714. The lowest BCUT2D eigenvalue weighted by atomic mass is 10.1. The van der Waals surface area contributed by atoms with Crippen molar-refractivity contribution in [3.05, 3.63) is 60.8 Å². The monoisotopic (exact) mass is 768 g/mol. The van der Waals surface area contributed by atoms with Gasteiger partial charge in [0.1, 0.15) is 12.1 Å². The number of phosphoric acid groups is 1. The van der Waals surface area contributed by atoms with E-state index in [1.807, 2.05) is 0 Å². The molecule has 11 heteroatoms. The molecule has 53 heavy (non-hydrogen) atoms. The van der Waals surface area contributed by atoms with Gasteiger partial charge in [-0.3, -0.25) is 18.6 Å². The summed E-state index contributed by atoms with van der Waals surface area (Å²) in [5.74, 6) is -1.81. The van der Waals surface area contributed by atoms with Gasteiger partial charge in [0.2, 0.25) is 0 Å². The van der Waals surface area contributed by atoms with Gasteiger partial charge in [-0.05, 0) is 77.0 Å². The molecule has 0 radical (unpaired) electrons. The Labute approximate surface area is 322 Å². The first kappa shape index (κ1) is 50.7. The quantitative estimate of drug-likeness (QED) is 0.0239. The molecule has 0 spiro atoms. The van der Waals surface area contributed by atoms with Gasteiger partial charge in [-0.1, -0.05) is 132 Å². The minimum absolute atomic E-state index is 0.000141. The first-order valence-corrected chi connectivity index (χ1v) is 21.8. The number of carboxylic acid groups (broad SMARTS) is 1. The van der Waals surface area contributed by atoms with Crippen LogP contribution in [0.5, 0.6) is 0 Å². The maximum Gasteiger partial charge on any atom is 0.472 e. The largest absolute Gasteiger partial charge is 0.480 e. The number of esters is 1. The van der Waals surface area contributed by atoms with Crippen molar-refractivity contribution in [2.45, 2.75) is 167 Å². The number of nitrogens with two attached hydrogens (primary N) is 1. The van der Waals surface area contributed by atoms with Crippen molar-refractivity contribution in [1.82, 2.24) is 0 Å². The van der Waals surface area contributed by atoms with Crippen LogP contribution >= 0.6 is 7.82 Å². The number of carbonyl (C=O) groups is 2. The topological polar surface area (TPSA) is 155 Å². The zero-order valence-electron chi connectivity index (χ0n) is 33.1. The molecule has 0 aromatic heterocycles. The number of carbonyl (C=O) groups excluding carboxylic acids is 1. The van der Waals surface area contributed by atoms with Crippen LogP contribution in [0, 0.1) is 0 Å². The van der Waals surface area contributed by atoms with Crippen LogP contribution in [-0.2, 0) is 32.7 Å². The lowest BCUT2D eigenvalue weighted by Crippen LogP contribution is -2.34. The maximum atomic E-state index is 12.6. The molecule has 10 nitrogen and oxygen atoms in total. The van der Waals surface area contributed by atoms with Crippen LogP contribution in [0.15, 0.2) is 60.8 Å². The highest BCUT2D eigenvalue weighted by molar-refractivity contribution is 7.47. The predicted molar refractivity (Wildman–Crippen MR) is 217 cm³/mol. The number of hydrogen-bond acceptors (Lipinski definition) is 8. The summed E-state index contributed by atoms with van der Waals surface area (Å²) in [6.45, 7) is 3.68. The van der Waals surface area contributed by atoms with E-state index >= 15 is 0 Å². The highest BCUT2D eigenvalue weighted by atomic mass is 31.2. The van der Waals surface area contributed by atoms with Gasteiger partial charge in [-0.25, -0.2) is 4.57 Å². The zero-order valence-corrected chi connectivity index (χ0v) is 34.0. The Hall–Kier alpha value is -2.33. The molecular formula is C42H74NO9P. The van der Waals surface area contributed by atoms with E-state index in [4.69, 9.17) is 29.4 Å². The second kappa shape index (κ2) is 38.0. The van der Waals surface area contributed by atoms with Gasteiger partial charge in [-0.2, -0.15) is 0 Å². The first-order valence-electron chi connectivity index (χ1n) is 20.3. The molecule has 0 saturated heterocycles. The average molecular weight is 768 g/mol. The van der Waals surface area contributed by atoms with Crippen molar-refractivity contribution in [3.8, 4) is 0 Å². The fourth-order valence-electron chi connectivity index (χ4n) is 5.12. The third kappa shape index (κ3) is 37.8. The van der Waals surface area contributed by atoms with Crippen molar-refractivity contribution < 1.29 is 42.7 Å². The molecule has 4 N–H and O–H groups in total. The highest BCUT2D eigenvalue weighted by Crippen LogP contribution is 2.43. The van der Waals surface area contributed by atoms with E-state index in [0.717, 1.165) is 83.5 Å². The molecule has 3 unspecified atom stereocenters. The molecule has 0 heterocycles. The van der Waals surface area contributed by atoms with Gasteiger partial charge in [0.25, 0.3) is 0 Å². The second-order valence-electron chi connectivity index (χ2n) is 13.4. The van der Waals surface area contributed by atoms with E-state index in [0.29, 0.717) is 13.0 Å². The Balaban J connectivity index is 4.34. The van der Waals surface area contributed by atoms with Crippen molar-refractivity contribution in [2.75, 3.05) is 26.4 Å². The van der Waals surface area contributed by atoms with E-state index in [2.05, 4.69) is 74.6 Å². The summed E-state index contributed by atoms with van der Waals surface area (Å²) >= 11 is 0. The van der Waals surface area contributed by atoms with Gasteiger partial charge in [-0.15, -0.1) is 0 Å². The number of aliphatic carboxylic acids is 1. The van der Waals surface area contributed by atoms with Crippen LogP contribution in [0.1, 0.15) is 155 Å². The molecule has 0 aromatic carbocycles.